The van der Waals surface area contributed by atoms with Crippen LogP contribution in [0, 0.1) is 12.8 Å². The highest BCUT2D eigenvalue weighted by molar-refractivity contribution is 5.91. The molecule has 2 aromatic carbocycles. The molecule has 1 aliphatic carbocycles. The highest BCUT2D eigenvalue weighted by Gasteiger charge is 2.51. The second-order valence-electron chi connectivity index (χ2n) is 8.87. The Kier molecular flexibility index (Phi) is 6.26. The number of hydrogen-bond donors (Lipinski definition) is 1. The molecule has 1 heterocycles. The molecule has 0 unspecified atom stereocenters. The molecule has 1 saturated carbocycles. The van der Waals surface area contributed by atoms with Crippen LogP contribution in [0.15, 0.2) is 73.1 Å². The predicted octanol–water partition coefficient (Wildman–Crippen LogP) is 4.70. The first-order valence-electron chi connectivity index (χ1n) is 11.6. The van der Waals surface area contributed by atoms with Crippen molar-refractivity contribution < 1.29 is 9.36 Å². The predicted molar refractivity (Wildman–Crippen MR) is 124 cm³/mol. The van der Waals surface area contributed by atoms with Crippen LogP contribution >= 0.6 is 0 Å². The molecule has 0 saturated heterocycles. The second-order valence-corrected chi connectivity index (χ2v) is 8.87. The zero-order valence-corrected chi connectivity index (χ0v) is 18.7. The number of benzene rings is 2. The average molecular weight is 417 g/mol. The Balaban J connectivity index is 1.72. The van der Waals surface area contributed by atoms with Crippen molar-refractivity contribution in [3.63, 3.8) is 0 Å². The number of carbonyl (C=O) groups is 1. The Labute approximate surface area is 185 Å². The molecule has 1 fully saturated rings. The van der Waals surface area contributed by atoms with Crippen molar-refractivity contribution in [3.8, 4) is 0 Å². The topological polar surface area (TPSA) is 51.9 Å². The summed E-state index contributed by atoms with van der Waals surface area (Å²) in [5.41, 5.74) is 7.43. The normalized spacial score (nSPS) is 18.9. The second kappa shape index (κ2) is 9.09. The first kappa shape index (κ1) is 21.4. The third-order valence-corrected chi connectivity index (χ3v) is 7.21. The molecule has 2 N–H and O–H groups in total. The van der Waals surface area contributed by atoms with E-state index in [0.29, 0.717) is 6.04 Å². The van der Waals surface area contributed by atoms with Crippen LogP contribution in [0.5, 0.6) is 0 Å². The monoisotopic (exact) mass is 416 g/mol. The Morgan fingerprint density at radius 3 is 2.23 bits per heavy atom. The van der Waals surface area contributed by atoms with Crippen LogP contribution < -0.4 is 10.3 Å². The molecule has 0 radical (unpaired) electrons. The fourth-order valence-electron chi connectivity index (χ4n) is 5.60. The molecule has 3 aromatic rings. The minimum absolute atomic E-state index is 0.158. The molecule has 2 atom stereocenters. The molecule has 1 aliphatic rings. The van der Waals surface area contributed by atoms with E-state index in [1.807, 2.05) is 36.4 Å². The molecular formula is C27H34N3O+. The lowest BCUT2D eigenvalue weighted by molar-refractivity contribution is -0.702. The maximum atomic E-state index is 13.3. The lowest BCUT2D eigenvalue weighted by Gasteiger charge is -2.37. The maximum Gasteiger partial charge on any atom is 0.253 e. The number of aromatic nitrogens is 2. The number of hydrogen-bond acceptors (Lipinski definition) is 1. The Morgan fingerprint density at radius 2 is 1.68 bits per heavy atom. The van der Waals surface area contributed by atoms with Crippen LogP contribution in [0.3, 0.4) is 0 Å². The van der Waals surface area contributed by atoms with Gasteiger partial charge in [-0.05, 0) is 42.7 Å². The average Bonchev–Trinajstić information content (AvgIpc) is 3.41. The van der Waals surface area contributed by atoms with Gasteiger partial charge in [-0.2, -0.15) is 0 Å². The fraction of sp³-hybridized carbons (Fsp3) is 0.407. The lowest BCUT2D eigenvalue weighted by atomic mass is 9.64. The zero-order chi connectivity index (χ0) is 21.8. The summed E-state index contributed by atoms with van der Waals surface area (Å²) in [4.78, 5) is 13.3. The van der Waals surface area contributed by atoms with Gasteiger partial charge in [0.2, 0.25) is 5.91 Å². The summed E-state index contributed by atoms with van der Waals surface area (Å²) in [6.45, 7) is 5.49. The van der Waals surface area contributed by atoms with Crippen LogP contribution in [0.4, 0.5) is 0 Å². The van der Waals surface area contributed by atoms with Crippen LogP contribution in [0.2, 0.25) is 0 Å². The number of nitrogens with two attached hydrogens (primary N) is 1. The number of nitrogens with zero attached hydrogens (tertiary/aromatic N) is 2. The number of aryl methyl sites for hydroxylation is 1. The first-order valence-corrected chi connectivity index (χ1v) is 11.6. The molecule has 0 bridgehead atoms. The highest BCUT2D eigenvalue weighted by atomic mass is 16.1. The Hall–Kier alpha value is -2.88. The molecule has 4 rings (SSSR count). The van der Waals surface area contributed by atoms with E-state index in [1.54, 1.807) is 0 Å². The lowest BCUT2D eigenvalue weighted by Crippen LogP contribution is -2.47. The van der Waals surface area contributed by atoms with Gasteiger partial charge in [-0.15, -0.1) is 0 Å². The molecule has 31 heavy (non-hydrogen) atoms. The van der Waals surface area contributed by atoms with Gasteiger partial charge in [0.25, 0.3) is 5.82 Å². The summed E-state index contributed by atoms with van der Waals surface area (Å²) >= 11 is 0. The quantitative estimate of drug-likeness (QED) is 0.532. The minimum Gasteiger partial charge on any atom is -0.369 e. The standard InChI is InChI=1S/C27H33N3O/c1-3-4-17-29-18-19-30(21(29)2)25-16-15-24(20-25)27(26(28)31,22-11-7-5-8-12-22)23-13-9-6-10-14-23/h5-14,18-19,24-25H,3-4,15-17,20H2,1-2H3,(H-,28,31)/p+1/t24-,25+/m0/s1. The summed E-state index contributed by atoms with van der Waals surface area (Å²) < 4.78 is 4.77. The van der Waals surface area contributed by atoms with E-state index in [4.69, 9.17) is 5.73 Å². The van der Waals surface area contributed by atoms with Gasteiger partial charge in [0.15, 0.2) is 0 Å². The molecule has 0 spiro atoms. The number of imidazole rings is 1. The molecular weight excluding hydrogens is 382 g/mol. The van der Waals surface area contributed by atoms with Crippen molar-refractivity contribution in [1.82, 2.24) is 4.57 Å². The third kappa shape index (κ3) is 3.80. The van der Waals surface area contributed by atoms with Gasteiger partial charge in [-0.1, -0.05) is 74.0 Å². The van der Waals surface area contributed by atoms with E-state index in [9.17, 15) is 4.79 Å². The zero-order valence-electron chi connectivity index (χ0n) is 18.7. The van der Waals surface area contributed by atoms with Crippen LogP contribution in [0.1, 0.15) is 62.0 Å². The molecule has 0 aliphatic heterocycles. The van der Waals surface area contributed by atoms with Crippen LogP contribution in [-0.2, 0) is 16.8 Å². The Bertz CT molecular complexity index is 970. The van der Waals surface area contributed by atoms with Crippen molar-refractivity contribution in [2.45, 2.75) is 64.0 Å². The molecule has 4 heteroatoms. The number of amides is 1. The van der Waals surface area contributed by atoms with Gasteiger partial charge in [-0.3, -0.25) is 4.79 Å². The van der Waals surface area contributed by atoms with E-state index in [2.05, 4.69) is 59.6 Å². The number of primary amides is 1. The summed E-state index contributed by atoms with van der Waals surface area (Å²) in [6, 6.07) is 20.7. The maximum absolute atomic E-state index is 13.3. The van der Waals surface area contributed by atoms with Crippen molar-refractivity contribution in [2.75, 3.05) is 0 Å². The highest BCUT2D eigenvalue weighted by Crippen LogP contribution is 2.49. The number of rotatable bonds is 8. The van der Waals surface area contributed by atoms with Gasteiger partial charge >= 0.3 is 0 Å². The first-order chi connectivity index (χ1) is 15.1. The van der Waals surface area contributed by atoms with Gasteiger partial charge < -0.3 is 5.73 Å². The van der Waals surface area contributed by atoms with Crippen molar-refractivity contribution >= 4 is 5.91 Å². The number of unbranched alkanes of at least 4 members (excludes halogenated alkanes) is 1. The van der Waals surface area contributed by atoms with Crippen molar-refractivity contribution in [2.24, 2.45) is 11.7 Å². The molecule has 162 valence electrons. The van der Waals surface area contributed by atoms with Gasteiger partial charge in [0, 0.05) is 6.92 Å². The van der Waals surface area contributed by atoms with E-state index in [0.717, 1.165) is 36.9 Å². The minimum atomic E-state index is -0.809. The molecule has 1 amide bonds. The van der Waals surface area contributed by atoms with Gasteiger partial charge in [-0.25, -0.2) is 9.13 Å². The van der Waals surface area contributed by atoms with Crippen LogP contribution in [0.25, 0.3) is 0 Å². The van der Waals surface area contributed by atoms with E-state index < -0.39 is 5.41 Å². The van der Waals surface area contributed by atoms with E-state index in [-0.39, 0.29) is 11.8 Å². The Morgan fingerprint density at radius 1 is 1.06 bits per heavy atom. The smallest absolute Gasteiger partial charge is 0.253 e. The van der Waals surface area contributed by atoms with E-state index >= 15 is 0 Å². The SMILES string of the molecule is CCCC[n+]1ccn([C@@H]2CC[C@H](C(C(N)=O)(c3ccccc3)c3ccccc3)C2)c1C. The van der Waals surface area contributed by atoms with Crippen LogP contribution in [-0.4, -0.2) is 10.5 Å². The van der Waals surface area contributed by atoms with Gasteiger partial charge in [0.1, 0.15) is 23.9 Å². The van der Waals surface area contributed by atoms with Crippen molar-refractivity contribution in [1.29, 1.82) is 0 Å². The fourth-order valence-corrected chi connectivity index (χ4v) is 5.60. The summed E-state index contributed by atoms with van der Waals surface area (Å²) in [5.74, 6) is 1.20. The van der Waals surface area contributed by atoms with E-state index in [1.165, 1.54) is 18.7 Å². The summed E-state index contributed by atoms with van der Waals surface area (Å²) in [6.07, 6.45) is 9.78. The molecule has 1 aromatic heterocycles. The third-order valence-electron chi connectivity index (χ3n) is 7.21. The van der Waals surface area contributed by atoms with Crippen molar-refractivity contribution in [3.05, 3.63) is 90.0 Å². The number of carbonyl (C=O) groups excluding carboxylic acids is 1. The van der Waals surface area contributed by atoms with Gasteiger partial charge in [0.05, 0.1) is 6.54 Å². The summed E-state index contributed by atoms with van der Waals surface area (Å²) in [7, 11) is 0. The largest absolute Gasteiger partial charge is 0.369 e. The summed E-state index contributed by atoms with van der Waals surface area (Å²) in [5, 5.41) is 0. The molecule has 4 nitrogen and oxygen atoms in total.